The van der Waals surface area contributed by atoms with Gasteiger partial charge in [-0.1, -0.05) is 60.1 Å². The molecule has 0 aromatic heterocycles. The number of hydrogen-bond donors (Lipinski definition) is 1. The lowest BCUT2D eigenvalue weighted by Gasteiger charge is -2.31. The summed E-state index contributed by atoms with van der Waals surface area (Å²) < 4.78 is 6.25. The third-order valence-corrected chi connectivity index (χ3v) is 4.79. The molecule has 2 aromatic carbocycles. The van der Waals surface area contributed by atoms with Gasteiger partial charge in [-0.05, 0) is 29.3 Å². The predicted octanol–water partition coefficient (Wildman–Crippen LogP) is 4.34. The average molecular weight is 349 g/mol. The summed E-state index contributed by atoms with van der Waals surface area (Å²) in [7, 11) is 1.65. The summed E-state index contributed by atoms with van der Waals surface area (Å²) >= 11 is 3.54. The Morgan fingerprint density at radius 3 is 2.43 bits per heavy atom. The van der Waals surface area contributed by atoms with Crippen LogP contribution in [0.5, 0.6) is 5.75 Å². The summed E-state index contributed by atoms with van der Waals surface area (Å²) in [6.07, 6.45) is 0.0861. The second-order valence-electron chi connectivity index (χ2n) is 5.76. The molecule has 21 heavy (non-hydrogen) atoms. The van der Waals surface area contributed by atoms with Crippen molar-refractivity contribution in [2.24, 2.45) is 0 Å². The van der Waals surface area contributed by atoms with Crippen LogP contribution < -0.4 is 4.74 Å². The van der Waals surface area contributed by atoms with Crippen LogP contribution in [0.4, 0.5) is 0 Å². The fourth-order valence-electron chi connectivity index (χ4n) is 2.36. The SMILES string of the molecule is COc1ccc(Br)c(CC(O)C(C)(C)c2ccccc2)c1. The van der Waals surface area contributed by atoms with Crippen LogP contribution in [0.2, 0.25) is 0 Å². The maximum Gasteiger partial charge on any atom is 0.119 e. The van der Waals surface area contributed by atoms with E-state index in [0.29, 0.717) is 6.42 Å². The molecule has 1 unspecified atom stereocenters. The minimum atomic E-state index is -0.483. The number of rotatable bonds is 5. The molecule has 1 N–H and O–H groups in total. The van der Waals surface area contributed by atoms with Crippen LogP contribution in [-0.4, -0.2) is 18.3 Å². The molecule has 0 fully saturated rings. The van der Waals surface area contributed by atoms with E-state index in [2.05, 4.69) is 41.9 Å². The third-order valence-electron chi connectivity index (χ3n) is 4.02. The standard InChI is InChI=1S/C18H21BrO2/c1-18(2,14-7-5-4-6-8-14)17(20)12-13-11-15(21-3)9-10-16(13)19/h4-11,17,20H,12H2,1-3H3. The second-order valence-corrected chi connectivity index (χ2v) is 6.62. The number of halogens is 1. The normalized spacial score (nSPS) is 13.0. The number of benzene rings is 2. The Morgan fingerprint density at radius 1 is 1.14 bits per heavy atom. The Balaban J connectivity index is 2.23. The van der Waals surface area contributed by atoms with Gasteiger partial charge >= 0.3 is 0 Å². The lowest BCUT2D eigenvalue weighted by Crippen LogP contribution is -2.35. The van der Waals surface area contributed by atoms with Gasteiger partial charge in [0.15, 0.2) is 0 Å². The van der Waals surface area contributed by atoms with Crippen LogP contribution in [0.1, 0.15) is 25.0 Å². The van der Waals surface area contributed by atoms with Crippen LogP contribution in [0.3, 0.4) is 0 Å². The van der Waals surface area contributed by atoms with Crippen molar-refractivity contribution in [1.82, 2.24) is 0 Å². The Morgan fingerprint density at radius 2 is 1.81 bits per heavy atom. The molecule has 0 aliphatic rings. The van der Waals surface area contributed by atoms with Gasteiger partial charge in [-0.3, -0.25) is 0 Å². The van der Waals surface area contributed by atoms with E-state index in [1.54, 1.807) is 7.11 Å². The summed E-state index contributed by atoms with van der Waals surface area (Å²) in [6, 6.07) is 15.9. The van der Waals surface area contributed by atoms with Gasteiger partial charge in [0, 0.05) is 16.3 Å². The molecule has 2 nitrogen and oxygen atoms in total. The molecule has 0 saturated heterocycles. The van der Waals surface area contributed by atoms with E-state index in [1.807, 2.05) is 36.4 Å². The fourth-order valence-corrected chi connectivity index (χ4v) is 2.77. The average Bonchev–Trinajstić information content (AvgIpc) is 2.50. The zero-order chi connectivity index (χ0) is 15.5. The van der Waals surface area contributed by atoms with Crippen LogP contribution in [0, 0.1) is 0 Å². The highest BCUT2D eigenvalue weighted by atomic mass is 79.9. The first-order chi connectivity index (χ1) is 9.95. The summed E-state index contributed by atoms with van der Waals surface area (Å²) in [5.41, 5.74) is 1.87. The highest BCUT2D eigenvalue weighted by Gasteiger charge is 2.30. The molecule has 0 radical (unpaired) electrons. The van der Waals surface area contributed by atoms with Gasteiger partial charge in [0.05, 0.1) is 13.2 Å². The van der Waals surface area contributed by atoms with Crippen molar-refractivity contribution in [2.75, 3.05) is 7.11 Å². The largest absolute Gasteiger partial charge is 0.497 e. The highest BCUT2D eigenvalue weighted by Crippen LogP contribution is 2.31. The molecule has 0 saturated carbocycles. The van der Waals surface area contributed by atoms with Crippen LogP contribution in [0.25, 0.3) is 0 Å². The summed E-state index contributed by atoms with van der Waals surface area (Å²) in [5.74, 6) is 0.804. The lowest BCUT2D eigenvalue weighted by atomic mass is 9.77. The first-order valence-corrected chi connectivity index (χ1v) is 7.80. The number of aliphatic hydroxyl groups excluding tert-OH is 1. The van der Waals surface area contributed by atoms with Gasteiger partial charge in [0.2, 0.25) is 0 Å². The fraction of sp³-hybridized carbons (Fsp3) is 0.333. The topological polar surface area (TPSA) is 29.5 Å². The number of methoxy groups -OCH3 is 1. The first kappa shape index (κ1) is 16.1. The Bertz CT molecular complexity index is 593. The molecule has 3 heteroatoms. The second kappa shape index (κ2) is 6.63. The molecule has 2 aromatic rings. The van der Waals surface area contributed by atoms with Gasteiger partial charge in [0.1, 0.15) is 5.75 Å². The van der Waals surface area contributed by atoms with E-state index < -0.39 is 6.10 Å². The van der Waals surface area contributed by atoms with Crippen LogP contribution in [-0.2, 0) is 11.8 Å². The Hall–Kier alpha value is -1.32. The minimum Gasteiger partial charge on any atom is -0.497 e. The maximum atomic E-state index is 10.7. The lowest BCUT2D eigenvalue weighted by molar-refractivity contribution is 0.0998. The van der Waals surface area contributed by atoms with Crippen molar-refractivity contribution in [3.63, 3.8) is 0 Å². The molecule has 1 atom stereocenters. The van der Waals surface area contributed by atoms with E-state index in [1.165, 1.54) is 0 Å². The number of aliphatic hydroxyl groups is 1. The van der Waals surface area contributed by atoms with Crippen LogP contribution in [0.15, 0.2) is 53.0 Å². The van der Waals surface area contributed by atoms with Crippen molar-refractivity contribution < 1.29 is 9.84 Å². The van der Waals surface area contributed by atoms with Gasteiger partial charge in [-0.2, -0.15) is 0 Å². The summed E-state index contributed by atoms with van der Waals surface area (Å²) in [4.78, 5) is 0. The first-order valence-electron chi connectivity index (χ1n) is 7.01. The molecular weight excluding hydrogens is 328 g/mol. The molecule has 112 valence electrons. The summed E-state index contributed by atoms with van der Waals surface area (Å²) in [6.45, 7) is 4.14. The monoisotopic (exact) mass is 348 g/mol. The molecule has 0 aliphatic heterocycles. The molecule has 0 amide bonds. The minimum absolute atomic E-state index is 0.316. The zero-order valence-corrected chi connectivity index (χ0v) is 14.2. The summed E-state index contributed by atoms with van der Waals surface area (Å²) in [5, 5.41) is 10.7. The predicted molar refractivity (Wildman–Crippen MR) is 89.9 cm³/mol. The van der Waals surface area contributed by atoms with Crippen molar-refractivity contribution in [3.8, 4) is 5.75 Å². The smallest absolute Gasteiger partial charge is 0.119 e. The van der Waals surface area contributed by atoms with Gasteiger partial charge in [0.25, 0.3) is 0 Å². The molecule has 0 aliphatic carbocycles. The molecule has 0 spiro atoms. The number of ether oxygens (including phenoxy) is 1. The third kappa shape index (κ3) is 3.66. The van der Waals surface area contributed by atoms with E-state index >= 15 is 0 Å². The molecule has 2 rings (SSSR count). The molecule has 0 bridgehead atoms. The van der Waals surface area contributed by atoms with Crippen molar-refractivity contribution >= 4 is 15.9 Å². The molecular formula is C18H21BrO2. The highest BCUT2D eigenvalue weighted by molar-refractivity contribution is 9.10. The van der Waals surface area contributed by atoms with E-state index in [9.17, 15) is 5.11 Å². The van der Waals surface area contributed by atoms with Gasteiger partial charge in [-0.25, -0.2) is 0 Å². The van der Waals surface area contributed by atoms with E-state index in [0.717, 1.165) is 21.3 Å². The van der Waals surface area contributed by atoms with Gasteiger partial charge < -0.3 is 9.84 Å². The number of hydrogen-bond acceptors (Lipinski definition) is 2. The maximum absolute atomic E-state index is 10.7. The van der Waals surface area contributed by atoms with Crippen LogP contribution >= 0.6 is 15.9 Å². The van der Waals surface area contributed by atoms with Crippen molar-refractivity contribution in [2.45, 2.75) is 31.8 Å². The quantitative estimate of drug-likeness (QED) is 0.870. The Labute approximate surface area is 134 Å². The zero-order valence-electron chi connectivity index (χ0n) is 12.6. The Kier molecular flexibility index (Phi) is 5.07. The van der Waals surface area contributed by atoms with Crippen molar-refractivity contribution in [3.05, 3.63) is 64.1 Å². The van der Waals surface area contributed by atoms with E-state index in [-0.39, 0.29) is 5.41 Å². The van der Waals surface area contributed by atoms with E-state index in [4.69, 9.17) is 4.74 Å². The molecule has 0 heterocycles. The van der Waals surface area contributed by atoms with Crippen molar-refractivity contribution in [1.29, 1.82) is 0 Å². The van der Waals surface area contributed by atoms with Gasteiger partial charge in [-0.15, -0.1) is 0 Å².